The van der Waals surface area contributed by atoms with Crippen LogP contribution in [0.4, 0.5) is 10.1 Å². The van der Waals surface area contributed by atoms with Gasteiger partial charge in [-0.15, -0.1) is 5.10 Å². The third-order valence-corrected chi connectivity index (χ3v) is 6.93. The van der Waals surface area contributed by atoms with E-state index in [0.717, 1.165) is 22.7 Å². The van der Waals surface area contributed by atoms with Crippen molar-refractivity contribution < 1.29 is 28.6 Å². The van der Waals surface area contributed by atoms with E-state index in [2.05, 4.69) is 20.5 Å². The van der Waals surface area contributed by atoms with Crippen LogP contribution in [0.5, 0.6) is 11.5 Å². The average Bonchev–Trinajstić information content (AvgIpc) is 3.58. The molecular weight excluding hydrogens is 549 g/mol. The summed E-state index contributed by atoms with van der Waals surface area (Å²) < 4.78 is 25.5. The van der Waals surface area contributed by atoms with Gasteiger partial charge in [0.25, 0.3) is 0 Å². The third kappa shape index (κ3) is 6.39. The number of para-hydroxylation sites is 1. The SMILES string of the molecule is COc1cc(OC)cc(-c2nc(S/C(=C\c3cn(CC(=O)Nc4ccc(F)cc4)c4ccccc34)C(=O)O)n[nH]2)c1. The van der Waals surface area contributed by atoms with Crippen LogP contribution < -0.4 is 14.8 Å². The number of benzene rings is 3. The first-order valence-corrected chi connectivity index (χ1v) is 13.1. The standard InChI is InChI=1S/C29H24FN5O5S/c1-39-21-11-17(12-22(14-21)40-2)27-32-29(34-33-27)41-25(28(37)38)13-18-15-35(24-6-4-3-5-23(18)24)16-26(36)31-20-9-7-19(30)8-10-20/h3-15H,16H2,1-2H3,(H,31,36)(H,37,38)(H,32,33,34)/b25-13-. The fourth-order valence-corrected chi connectivity index (χ4v) is 4.85. The Hall–Kier alpha value is -5.10. The molecule has 0 aliphatic heterocycles. The number of rotatable bonds is 10. The molecule has 0 aliphatic carbocycles. The van der Waals surface area contributed by atoms with Gasteiger partial charge in [-0.05, 0) is 60.3 Å². The Morgan fingerprint density at radius 2 is 1.78 bits per heavy atom. The molecule has 10 nitrogen and oxygen atoms in total. The minimum Gasteiger partial charge on any atom is -0.497 e. The van der Waals surface area contributed by atoms with Crippen LogP contribution in [-0.2, 0) is 16.1 Å². The third-order valence-electron chi connectivity index (χ3n) is 6.05. The van der Waals surface area contributed by atoms with Gasteiger partial charge in [0.2, 0.25) is 11.1 Å². The normalized spacial score (nSPS) is 11.4. The van der Waals surface area contributed by atoms with Gasteiger partial charge >= 0.3 is 5.97 Å². The van der Waals surface area contributed by atoms with E-state index in [0.29, 0.717) is 34.1 Å². The van der Waals surface area contributed by atoms with Crippen LogP contribution in [0.15, 0.2) is 83.0 Å². The zero-order valence-corrected chi connectivity index (χ0v) is 22.7. The number of hydrogen-bond donors (Lipinski definition) is 3. The number of H-pyrrole nitrogens is 1. The van der Waals surface area contributed by atoms with Gasteiger partial charge in [0.15, 0.2) is 5.82 Å². The second-order valence-corrected chi connectivity index (χ2v) is 9.78. The number of carbonyl (C=O) groups excluding carboxylic acids is 1. The van der Waals surface area contributed by atoms with Gasteiger partial charge in [0.05, 0.1) is 14.2 Å². The number of thioether (sulfide) groups is 1. The van der Waals surface area contributed by atoms with E-state index < -0.39 is 11.8 Å². The highest BCUT2D eigenvalue weighted by Crippen LogP contribution is 2.32. The molecule has 3 N–H and O–H groups in total. The van der Waals surface area contributed by atoms with Crippen LogP contribution in [0.25, 0.3) is 28.4 Å². The molecule has 3 aromatic carbocycles. The Balaban J connectivity index is 1.40. The van der Waals surface area contributed by atoms with Crippen molar-refractivity contribution in [2.75, 3.05) is 19.5 Å². The first-order chi connectivity index (χ1) is 19.8. The van der Waals surface area contributed by atoms with E-state index in [-0.39, 0.29) is 22.5 Å². The number of aliphatic carboxylic acids is 1. The number of aromatic nitrogens is 4. The average molecular weight is 574 g/mol. The van der Waals surface area contributed by atoms with Crippen LogP contribution >= 0.6 is 11.8 Å². The Kier molecular flexibility index (Phi) is 8.01. The summed E-state index contributed by atoms with van der Waals surface area (Å²) in [6.45, 7) is -0.0322. The summed E-state index contributed by atoms with van der Waals surface area (Å²) in [5, 5.41) is 20.7. The molecule has 0 unspecified atom stereocenters. The maximum Gasteiger partial charge on any atom is 0.342 e. The number of aromatic amines is 1. The summed E-state index contributed by atoms with van der Waals surface area (Å²) >= 11 is 0.888. The minimum absolute atomic E-state index is 0.0163. The van der Waals surface area contributed by atoms with Gasteiger partial charge in [-0.3, -0.25) is 9.89 Å². The highest BCUT2D eigenvalue weighted by Gasteiger charge is 2.18. The molecule has 5 rings (SSSR count). The predicted molar refractivity (Wildman–Crippen MR) is 153 cm³/mol. The number of nitrogens with zero attached hydrogens (tertiary/aromatic N) is 3. The Morgan fingerprint density at radius 3 is 2.46 bits per heavy atom. The largest absolute Gasteiger partial charge is 0.497 e. The van der Waals surface area contributed by atoms with Crippen LogP contribution in [-0.4, -0.2) is 51.0 Å². The van der Waals surface area contributed by atoms with Crippen molar-refractivity contribution in [1.29, 1.82) is 0 Å². The smallest absolute Gasteiger partial charge is 0.342 e. The molecule has 0 fully saturated rings. The molecule has 12 heteroatoms. The number of carboxylic acid groups (broad SMARTS) is 1. The summed E-state index contributed by atoms with van der Waals surface area (Å²) in [6, 6.07) is 18.1. The van der Waals surface area contributed by atoms with Gasteiger partial charge in [0, 0.05) is 40.0 Å². The zero-order valence-electron chi connectivity index (χ0n) is 21.9. The lowest BCUT2D eigenvalue weighted by atomic mass is 10.1. The molecule has 0 aliphatic rings. The van der Waals surface area contributed by atoms with Crippen molar-refractivity contribution in [2.24, 2.45) is 0 Å². The number of fused-ring (bicyclic) bond motifs is 1. The molecule has 0 radical (unpaired) electrons. The lowest BCUT2D eigenvalue weighted by Gasteiger charge is -2.07. The number of methoxy groups -OCH3 is 2. The van der Waals surface area contributed by atoms with Gasteiger partial charge in [0.1, 0.15) is 28.8 Å². The number of hydrogen-bond acceptors (Lipinski definition) is 7. The first-order valence-electron chi connectivity index (χ1n) is 12.2. The summed E-state index contributed by atoms with van der Waals surface area (Å²) in [4.78, 5) is 29.4. The fourth-order valence-electron chi connectivity index (χ4n) is 4.15. The number of amides is 1. The molecule has 1 amide bonds. The van der Waals surface area contributed by atoms with Crippen molar-refractivity contribution in [1.82, 2.24) is 19.7 Å². The van der Waals surface area contributed by atoms with Crippen molar-refractivity contribution in [3.63, 3.8) is 0 Å². The van der Waals surface area contributed by atoms with E-state index in [9.17, 15) is 19.1 Å². The molecule has 5 aromatic rings. The minimum atomic E-state index is -1.16. The second kappa shape index (κ2) is 12.0. The van der Waals surface area contributed by atoms with E-state index in [1.54, 1.807) is 43.2 Å². The van der Waals surface area contributed by atoms with Gasteiger partial charge < -0.3 is 24.5 Å². The number of anilines is 1. The quantitative estimate of drug-likeness (QED) is 0.149. The highest BCUT2D eigenvalue weighted by molar-refractivity contribution is 8.04. The van der Waals surface area contributed by atoms with Gasteiger partial charge in [-0.1, -0.05) is 18.2 Å². The van der Waals surface area contributed by atoms with E-state index in [4.69, 9.17) is 9.47 Å². The number of halogens is 1. The van der Waals surface area contributed by atoms with Crippen LogP contribution in [0.2, 0.25) is 0 Å². The molecule has 2 aromatic heterocycles. The van der Waals surface area contributed by atoms with Crippen molar-refractivity contribution in [3.8, 4) is 22.9 Å². The molecule has 0 atom stereocenters. The molecular formula is C29H24FN5O5S. The summed E-state index contributed by atoms with van der Waals surface area (Å²) in [7, 11) is 3.08. The Bertz CT molecular complexity index is 1740. The number of carboxylic acids is 1. The van der Waals surface area contributed by atoms with Crippen molar-refractivity contribution >= 4 is 46.3 Å². The molecule has 0 spiro atoms. The fraction of sp³-hybridized carbons (Fsp3) is 0.103. The maximum absolute atomic E-state index is 13.2. The molecule has 41 heavy (non-hydrogen) atoms. The first kappa shape index (κ1) is 27.5. The van der Waals surface area contributed by atoms with Gasteiger partial charge in [-0.25, -0.2) is 14.2 Å². The van der Waals surface area contributed by atoms with Crippen molar-refractivity contribution in [3.05, 3.63) is 89.2 Å². The van der Waals surface area contributed by atoms with Crippen LogP contribution in [0.1, 0.15) is 5.56 Å². The van der Waals surface area contributed by atoms with E-state index in [1.807, 2.05) is 24.3 Å². The maximum atomic E-state index is 13.2. The lowest BCUT2D eigenvalue weighted by molar-refractivity contribution is -0.131. The topological polar surface area (TPSA) is 131 Å². The molecule has 2 heterocycles. The monoisotopic (exact) mass is 573 g/mol. The Labute approximate surface area is 237 Å². The number of nitrogens with one attached hydrogen (secondary N) is 2. The van der Waals surface area contributed by atoms with Crippen LogP contribution in [0.3, 0.4) is 0 Å². The number of carbonyl (C=O) groups is 2. The van der Waals surface area contributed by atoms with E-state index in [1.165, 1.54) is 30.3 Å². The Morgan fingerprint density at radius 1 is 1.07 bits per heavy atom. The van der Waals surface area contributed by atoms with Crippen molar-refractivity contribution in [2.45, 2.75) is 11.7 Å². The second-order valence-electron chi connectivity index (χ2n) is 8.77. The molecule has 0 bridgehead atoms. The summed E-state index contributed by atoms with van der Waals surface area (Å²) in [6.07, 6.45) is 3.23. The number of ether oxygens (including phenoxy) is 2. The van der Waals surface area contributed by atoms with Gasteiger partial charge in [-0.2, -0.15) is 0 Å². The van der Waals surface area contributed by atoms with Crippen LogP contribution in [0, 0.1) is 5.82 Å². The lowest BCUT2D eigenvalue weighted by Crippen LogP contribution is -2.18. The molecule has 0 saturated heterocycles. The summed E-state index contributed by atoms with van der Waals surface area (Å²) in [5.41, 5.74) is 2.47. The highest BCUT2D eigenvalue weighted by atomic mass is 32.2. The van der Waals surface area contributed by atoms with E-state index >= 15 is 0 Å². The predicted octanol–water partition coefficient (Wildman–Crippen LogP) is 5.44. The molecule has 208 valence electrons. The summed E-state index contributed by atoms with van der Waals surface area (Å²) in [5.74, 6) is -0.320. The molecule has 0 saturated carbocycles. The zero-order chi connectivity index (χ0) is 28.9.